The first-order chi connectivity index (χ1) is 13.6. The molecule has 6 nitrogen and oxygen atoms in total. The molecule has 0 spiro atoms. The van der Waals surface area contributed by atoms with Crippen molar-refractivity contribution in [2.75, 3.05) is 5.32 Å². The minimum atomic E-state index is -0.150. The number of anilines is 1. The molecule has 1 amide bonds. The van der Waals surface area contributed by atoms with E-state index in [1.54, 1.807) is 5.12 Å². The summed E-state index contributed by atoms with van der Waals surface area (Å²) >= 11 is 0. The van der Waals surface area contributed by atoms with Crippen molar-refractivity contribution in [2.45, 2.75) is 51.9 Å². The summed E-state index contributed by atoms with van der Waals surface area (Å²) in [6, 6.07) is 18.0. The Balaban J connectivity index is 1.62. The van der Waals surface area contributed by atoms with Crippen molar-refractivity contribution in [2.24, 2.45) is 11.8 Å². The van der Waals surface area contributed by atoms with E-state index in [0.29, 0.717) is 0 Å². The third kappa shape index (κ3) is 4.97. The second kappa shape index (κ2) is 9.80. The molecule has 1 heterocycles. The van der Waals surface area contributed by atoms with Crippen molar-refractivity contribution in [3.8, 4) is 0 Å². The molecule has 28 heavy (non-hydrogen) atoms. The lowest BCUT2D eigenvalue weighted by atomic mass is 9.98. The summed E-state index contributed by atoms with van der Waals surface area (Å²) in [5.74, 6) is 6.33. The number of rotatable bonds is 8. The summed E-state index contributed by atoms with van der Waals surface area (Å²) in [5.41, 5.74) is 6.21. The normalized spacial score (nSPS) is 20.8. The van der Waals surface area contributed by atoms with Gasteiger partial charge in [-0.1, -0.05) is 69.2 Å². The van der Waals surface area contributed by atoms with E-state index in [0.717, 1.165) is 42.5 Å². The molecule has 3 atom stereocenters. The van der Waals surface area contributed by atoms with Crippen molar-refractivity contribution in [3.05, 3.63) is 65.7 Å². The van der Waals surface area contributed by atoms with Crippen molar-refractivity contribution < 1.29 is 4.79 Å². The summed E-state index contributed by atoms with van der Waals surface area (Å²) in [6.45, 7) is 4.22. The van der Waals surface area contributed by atoms with Crippen LogP contribution in [-0.4, -0.2) is 11.0 Å². The number of benzene rings is 2. The largest absolute Gasteiger partial charge is 0.326 e. The summed E-state index contributed by atoms with van der Waals surface area (Å²) in [6.07, 6.45) is 3.81. The average molecular weight is 382 g/mol. The molecule has 3 unspecified atom stereocenters. The van der Waals surface area contributed by atoms with Crippen LogP contribution in [0.15, 0.2) is 54.6 Å². The predicted molar refractivity (Wildman–Crippen MR) is 113 cm³/mol. The SMILES string of the molecule is CCCCC(CC)C(=O)Nc1ccc(C2NC(c3ccccc3)NN2N)cc1. The van der Waals surface area contributed by atoms with E-state index in [2.05, 4.69) is 42.0 Å². The van der Waals surface area contributed by atoms with Gasteiger partial charge in [0.05, 0.1) is 6.17 Å². The highest BCUT2D eigenvalue weighted by Crippen LogP contribution is 2.26. The number of amides is 1. The van der Waals surface area contributed by atoms with E-state index in [4.69, 9.17) is 5.84 Å². The minimum Gasteiger partial charge on any atom is -0.326 e. The zero-order valence-electron chi connectivity index (χ0n) is 16.7. The number of carbonyl (C=O) groups is 1. The number of nitrogens with zero attached hydrogens (tertiary/aromatic N) is 1. The molecule has 1 aliphatic rings. The smallest absolute Gasteiger partial charge is 0.227 e. The second-order valence-corrected chi connectivity index (χ2v) is 7.31. The van der Waals surface area contributed by atoms with E-state index in [1.165, 1.54) is 0 Å². The molecule has 0 aliphatic carbocycles. The molecule has 2 aromatic rings. The lowest BCUT2D eigenvalue weighted by Gasteiger charge is -2.19. The van der Waals surface area contributed by atoms with Crippen LogP contribution in [0.1, 0.15) is 63.0 Å². The number of unbranched alkanes of at least 4 members (excludes halogenated alkanes) is 1. The first kappa shape index (κ1) is 20.5. The molecule has 0 aromatic heterocycles. The Hall–Kier alpha value is -2.25. The van der Waals surface area contributed by atoms with Crippen LogP contribution in [0.5, 0.6) is 0 Å². The Morgan fingerprint density at radius 3 is 2.46 bits per heavy atom. The van der Waals surface area contributed by atoms with Crippen molar-refractivity contribution >= 4 is 11.6 Å². The fraction of sp³-hybridized carbons (Fsp3) is 0.409. The van der Waals surface area contributed by atoms with Crippen LogP contribution in [0.4, 0.5) is 5.69 Å². The summed E-state index contributed by atoms with van der Waals surface area (Å²) in [7, 11) is 0. The molecule has 1 aliphatic heterocycles. The molecule has 2 aromatic carbocycles. The van der Waals surface area contributed by atoms with Gasteiger partial charge in [0, 0.05) is 11.6 Å². The molecule has 5 N–H and O–H groups in total. The fourth-order valence-corrected chi connectivity index (χ4v) is 3.54. The van der Waals surface area contributed by atoms with Gasteiger partial charge >= 0.3 is 0 Å². The molecular weight excluding hydrogens is 350 g/mol. The van der Waals surface area contributed by atoms with Gasteiger partial charge in [-0.25, -0.2) is 5.43 Å². The molecule has 0 saturated carbocycles. The van der Waals surface area contributed by atoms with Crippen LogP contribution >= 0.6 is 0 Å². The molecule has 0 bridgehead atoms. The van der Waals surface area contributed by atoms with E-state index in [-0.39, 0.29) is 24.2 Å². The molecular formula is C22H31N5O. The number of hydrazine groups is 2. The van der Waals surface area contributed by atoms with Gasteiger partial charge in [-0.05, 0) is 36.1 Å². The molecule has 3 rings (SSSR count). The van der Waals surface area contributed by atoms with E-state index < -0.39 is 0 Å². The standard InChI is InChI=1S/C22H31N5O/c1-3-5-9-16(4-2)22(28)24-19-14-12-18(13-15-19)21-25-20(26-27(21)23)17-10-7-6-8-11-17/h6-8,10-16,20-21,25-26H,3-5,9,23H2,1-2H3,(H,24,28). The van der Waals surface area contributed by atoms with Gasteiger partial charge in [0.15, 0.2) is 0 Å². The van der Waals surface area contributed by atoms with E-state index in [1.807, 2.05) is 42.5 Å². The molecule has 0 radical (unpaired) electrons. The maximum atomic E-state index is 12.5. The maximum absolute atomic E-state index is 12.5. The number of hydrogen-bond acceptors (Lipinski definition) is 5. The van der Waals surface area contributed by atoms with Crippen LogP contribution in [0.3, 0.4) is 0 Å². The Kier molecular flexibility index (Phi) is 7.17. The van der Waals surface area contributed by atoms with Crippen LogP contribution in [0.25, 0.3) is 0 Å². The minimum absolute atomic E-state index is 0.0422. The molecule has 1 saturated heterocycles. The quantitative estimate of drug-likeness (QED) is 0.523. The van der Waals surface area contributed by atoms with Gasteiger partial charge in [-0.2, -0.15) is 5.12 Å². The third-order valence-electron chi connectivity index (χ3n) is 5.28. The third-order valence-corrected chi connectivity index (χ3v) is 5.28. The maximum Gasteiger partial charge on any atom is 0.227 e. The summed E-state index contributed by atoms with van der Waals surface area (Å²) < 4.78 is 0. The van der Waals surface area contributed by atoms with Crippen molar-refractivity contribution in [1.29, 1.82) is 0 Å². The first-order valence-corrected chi connectivity index (χ1v) is 10.1. The fourth-order valence-electron chi connectivity index (χ4n) is 3.54. The average Bonchev–Trinajstić information content (AvgIpc) is 3.11. The van der Waals surface area contributed by atoms with Crippen molar-refractivity contribution in [1.82, 2.24) is 15.9 Å². The van der Waals surface area contributed by atoms with Gasteiger partial charge in [0.1, 0.15) is 6.17 Å². The lowest BCUT2D eigenvalue weighted by Crippen LogP contribution is -2.40. The Morgan fingerprint density at radius 2 is 1.82 bits per heavy atom. The highest BCUT2D eigenvalue weighted by atomic mass is 16.1. The van der Waals surface area contributed by atoms with Gasteiger partial charge in [0.2, 0.25) is 5.91 Å². The summed E-state index contributed by atoms with van der Waals surface area (Å²) in [5, 5.41) is 8.12. The number of carbonyl (C=O) groups excluding carboxylic acids is 1. The molecule has 150 valence electrons. The molecule has 1 fully saturated rings. The molecule has 6 heteroatoms. The highest BCUT2D eigenvalue weighted by Gasteiger charge is 2.30. The Morgan fingerprint density at radius 1 is 1.11 bits per heavy atom. The Labute approximate surface area is 167 Å². The zero-order chi connectivity index (χ0) is 19.9. The van der Waals surface area contributed by atoms with Crippen molar-refractivity contribution in [3.63, 3.8) is 0 Å². The van der Waals surface area contributed by atoms with Crippen LogP contribution < -0.4 is 21.9 Å². The highest BCUT2D eigenvalue weighted by molar-refractivity contribution is 5.92. The lowest BCUT2D eigenvalue weighted by molar-refractivity contribution is -0.120. The topological polar surface area (TPSA) is 82.4 Å². The van der Waals surface area contributed by atoms with Gasteiger partial charge in [-0.3, -0.25) is 16.0 Å². The number of hydrogen-bond donors (Lipinski definition) is 4. The van der Waals surface area contributed by atoms with Crippen LogP contribution in [0, 0.1) is 5.92 Å². The Bertz CT molecular complexity index is 749. The van der Waals surface area contributed by atoms with E-state index >= 15 is 0 Å². The number of nitrogens with one attached hydrogen (secondary N) is 3. The van der Waals surface area contributed by atoms with Gasteiger partial charge in [-0.15, -0.1) is 0 Å². The second-order valence-electron chi connectivity index (χ2n) is 7.31. The first-order valence-electron chi connectivity index (χ1n) is 10.1. The number of nitrogens with two attached hydrogens (primary N) is 1. The van der Waals surface area contributed by atoms with Gasteiger partial charge < -0.3 is 5.32 Å². The summed E-state index contributed by atoms with van der Waals surface area (Å²) in [4.78, 5) is 12.5. The van der Waals surface area contributed by atoms with E-state index in [9.17, 15) is 4.79 Å². The predicted octanol–water partition coefficient (Wildman–Crippen LogP) is 3.82. The monoisotopic (exact) mass is 381 g/mol. The van der Waals surface area contributed by atoms with Crippen LogP contribution in [-0.2, 0) is 4.79 Å². The van der Waals surface area contributed by atoms with Crippen LogP contribution in [0.2, 0.25) is 0 Å². The zero-order valence-corrected chi connectivity index (χ0v) is 16.7. The van der Waals surface area contributed by atoms with Gasteiger partial charge in [0.25, 0.3) is 0 Å².